The van der Waals surface area contributed by atoms with Crippen LogP contribution in [0.4, 0.5) is 0 Å². The summed E-state index contributed by atoms with van der Waals surface area (Å²) in [6.45, 7) is 2.84. The van der Waals surface area contributed by atoms with Crippen LogP contribution in [0, 0.1) is 10.1 Å². The zero-order valence-corrected chi connectivity index (χ0v) is 17.9. The van der Waals surface area contributed by atoms with E-state index >= 15 is 0 Å². The van der Waals surface area contributed by atoms with Crippen molar-refractivity contribution >= 4 is 11.9 Å². The highest BCUT2D eigenvalue weighted by atomic mass is 16.6. The first-order chi connectivity index (χ1) is 14.8. The maximum Gasteiger partial charge on any atom is 0.379 e. The fraction of sp³-hybridized carbons (Fsp3) is 0.889. The highest BCUT2D eigenvalue weighted by molar-refractivity contribution is 5.71. The Labute approximate surface area is 182 Å². The molecule has 0 spiro atoms. The number of carboxylic acid groups (broad SMARTS) is 2. The van der Waals surface area contributed by atoms with Crippen LogP contribution < -0.4 is 10.6 Å². The first-order valence-corrected chi connectivity index (χ1v) is 10.2. The summed E-state index contributed by atoms with van der Waals surface area (Å²) in [5.41, 5.74) is 0. The van der Waals surface area contributed by atoms with Crippen molar-refractivity contribution in [3.8, 4) is 0 Å². The first-order valence-electron chi connectivity index (χ1n) is 10.2. The van der Waals surface area contributed by atoms with Gasteiger partial charge in [0, 0.05) is 43.9 Å². The van der Waals surface area contributed by atoms with Gasteiger partial charge in [-0.1, -0.05) is 19.3 Å². The van der Waals surface area contributed by atoms with E-state index in [1.54, 1.807) is 0 Å². The molecule has 0 aliphatic carbocycles. The fourth-order valence-electron chi connectivity index (χ4n) is 2.03. The van der Waals surface area contributed by atoms with E-state index in [2.05, 4.69) is 10.6 Å². The second kappa shape index (κ2) is 28.1. The third-order valence-corrected chi connectivity index (χ3v) is 3.56. The molecule has 0 aromatic rings. The van der Waals surface area contributed by atoms with Crippen LogP contribution in [0.1, 0.15) is 44.9 Å². The van der Waals surface area contributed by atoms with E-state index in [-0.39, 0.29) is 39.3 Å². The van der Waals surface area contributed by atoms with Crippen molar-refractivity contribution in [2.24, 2.45) is 0 Å². The van der Waals surface area contributed by atoms with Gasteiger partial charge in [-0.2, -0.15) is 0 Å². The lowest BCUT2D eigenvalue weighted by molar-refractivity contribution is -0.511. The van der Waals surface area contributed by atoms with Gasteiger partial charge < -0.3 is 41.3 Å². The largest absolute Gasteiger partial charge is 0.481 e. The minimum atomic E-state index is -1.52. The maximum atomic E-state index is 10.5. The van der Waals surface area contributed by atoms with Crippen molar-refractivity contribution in [1.82, 2.24) is 10.6 Å². The van der Waals surface area contributed by atoms with Gasteiger partial charge in [0.05, 0.1) is 26.4 Å². The lowest BCUT2D eigenvalue weighted by atomic mass is 10.1. The van der Waals surface area contributed by atoms with Gasteiger partial charge in [0.25, 0.3) is 0 Å². The summed E-state index contributed by atoms with van der Waals surface area (Å²) in [5, 5.41) is 65.4. The van der Waals surface area contributed by atoms with Crippen LogP contribution in [0.5, 0.6) is 0 Å². The number of hydrogen-bond donors (Lipinski definition) is 8. The molecule has 0 radical (unpaired) electrons. The molecular weight excluding hydrogens is 418 g/mol. The van der Waals surface area contributed by atoms with Gasteiger partial charge in [0.1, 0.15) is 0 Å². The minimum Gasteiger partial charge on any atom is -0.481 e. The van der Waals surface area contributed by atoms with Crippen LogP contribution in [0.2, 0.25) is 0 Å². The molecule has 31 heavy (non-hydrogen) atoms. The van der Waals surface area contributed by atoms with Crippen LogP contribution in [-0.2, 0) is 9.59 Å². The average Bonchev–Trinajstić information content (AvgIpc) is 2.71. The average molecular weight is 458 g/mol. The smallest absolute Gasteiger partial charge is 0.379 e. The Kier molecular flexibility index (Phi) is 30.6. The molecule has 0 amide bonds. The number of unbranched alkanes of at least 4 members (excludes halogenated alkanes) is 4. The number of aliphatic hydroxyl groups is 4. The molecule has 1 atom stereocenters. The zero-order chi connectivity index (χ0) is 24.3. The zero-order valence-electron chi connectivity index (χ0n) is 17.9. The number of carbonyl (C=O) groups is 2. The molecule has 0 rings (SSSR count). The molecule has 13 heteroatoms. The second-order valence-corrected chi connectivity index (χ2v) is 6.23. The lowest BCUT2D eigenvalue weighted by Crippen LogP contribution is -2.28. The maximum absolute atomic E-state index is 10.5. The predicted octanol–water partition coefficient (Wildman–Crippen LogP) is -1.35. The topological polar surface area (TPSA) is 223 Å². The summed E-state index contributed by atoms with van der Waals surface area (Å²) >= 11 is 0. The van der Waals surface area contributed by atoms with Crippen molar-refractivity contribution < 1.29 is 45.2 Å². The fourth-order valence-corrected chi connectivity index (χ4v) is 2.03. The number of aliphatic carboxylic acids is 2. The molecule has 8 N–H and O–H groups in total. The molecule has 0 aliphatic heterocycles. The number of nitrogens with zero attached hydrogens (tertiary/aromatic N) is 1. The molecule has 0 heterocycles. The normalized spacial score (nSPS) is 10.8. The van der Waals surface area contributed by atoms with E-state index in [1.807, 2.05) is 0 Å². The Morgan fingerprint density at radius 2 is 1.13 bits per heavy atom. The van der Waals surface area contributed by atoms with Crippen molar-refractivity contribution in [1.29, 1.82) is 0 Å². The Morgan fingerprint density at radius 1 is 0.742 bits per heavy atom. The van der Waals surface area contributed by atoms with E-state index in [0.717, 1.165) is 12.8 Å². The van der Waals surface area contributed by atoms with Crippen LogP contribution in [0.15, 0.2) is 0 Å². The van der Waals surface area contributed by atoms with E-state index in [4.69, 9.17) is 30.6 Å². The number of rotatable bonds is 18. The Balaban J connectivity index is -0.000000460. The highest BCUT2D eigenvalue weighted by Gasteiger charge is 2.27. The summed E-state index contributed by atoms with van der Waals surface area (Å²) in [5.74, 6) is -2.23. The van der Waals surface area contributed by atoms with Gasteiger partial charge in [-0.25, -0.2) is 4.79 Å². The van der Waals surface area contributed by atoms with E-state index in [1.165, 1.54) is 0 Å². The van der Waals surface area contributed by atoms with Crippen LogP contribution in [0.3, 0.4) is 0 Å². The quantitative estimate of drug-likeness (QED) is 0.0679. The van der Waals surface area contributed by atoms with Crippen LogP contribution in [0.25, 0.3) is 0 Å². The SMILES string of the molecule is O=C(O)CCCCCCCC(C(=O)O)[N+](=O)[O-].OCCNCCO.OCCNCCO. The molecule has 0 fully saturated rings. The molecule has 186 valence electrons. The summed E-state index contributed by atoms with van der Waals surface area (Å²) in [6, 6.07) is -1.52. The summed E-state index contributed by atoms with van der Waals surface area (Å²) in [7, 11) is 0. The Morgan fingerprint density at radius 3 is 1.45 bits per heavy atom. The number of nitrogens with one attached hydrogen (secondary N) is 2. The molecule has 13 nitrogen and oxygen atoms in total. The van der Waals surface area contributed by atoms with Crippen molar-refractivity contribution in [2.75, 3.05) is 52.6 Å². The van der Waals surface area contributed by atoms with Crippen molar-refractivity contribution in [3.05, 3.63) is 10.1 Å². The third-order valence-electron chi connectivity index (χ3n) is 3.56. The Bertz CT molecular complexity index is 395. The molecule has 0 aromatic heterocycles. The molecule has 0 saturated heterocycles. The monoisotopic (exact) mass is 457 g/mol. The Hall–Kier alpha value is -1.90. The third kappa shape index (κ3) is 33.0. The molecule has 0 bridgehead atoms. The van der Waals surface area contributed by atoms with E-state index in [9.17, 15) is 19.7 Å². The number of hydrogen-bond acceptors (Lipinski definition) is 10. The molecule has 1 unspecified atom stereocenters. The van der Waals surface area contributed by atoms with Gasteiger partial charge in [0.15, 0.2) is 0 Å². The number of nitro groups is 1. The van der Waals surface area contributed by atoms with Crippen LogP contribution in [-0.4, -0.2) is 106 Å². The number of aliphatic hydroxyl groups excluding tert-OH is 4. The molecule has 0 saturated carbocycles. The first kappa shape index (κ1) is 33.7. The van der Waals surface area contributed by atoms with Crippen molar-refractivity contribution in [3.63, 3.8) is 0 Å². The standard InChI is InChI=1S/C10H17NO6.2C4H11NO2/c12-9(13)7-5-3-1-2-4-6-8(10(14)15)11(16)17;2*6-3-1-5-2-4-7/h8H,1-7H2,(H,12,13)(H,14,15);2*5-7H,1-4H2. The highest BCUT2D eigenvalue weighted by Crippen LogP contribution is 2.10. The minimum absolute atomic E-state index is 0.0290. The predicted molar refractivity (Wildman–Crippen MR) is 112 cm³/mol. The molecular formula is C18H39N3O10. The second-order valence-electron chi connectivity index (χ2n) is 6.23. The number of carboxylic acids is 2. The van der Waals surface area contributed by atoms with Gasteiger partial charge in [-0.3, -0.25) is 14.9 Å². The molecule has 0 aliphatic rings. The van der Waals surface area contributed by atoms with Crippen LogP contribution >= 0.6 is 0 Å². The molecule has 0 aromatic carbocycles. The van der Waals surface area contributed by atoms with Crippen molar-refractivity contribution in [2.45, 2.75) is 51.0 Å². The summed E-state index contributed by atoms with van der Waals surface area (Å²) in [4.78, 5) is 30.2. The van der Waals surface area contributed by atoms with E-state index < -0.39 is 22.9 Å². The van der Waals surface area contributed by atoms with Gasteiger partial charge in [-0.05, 0) is 12.8 Å². The van der Waals surface area contributed by atoms with E-state index in [0.29, 0.717) is 45.4 Å². The summed E-state index contributed by atoms with van der Waals surface area (Å²) < 4.78 is 0. The van der Waals surface area contributed by atoms with Gasteiger partial charge >= 0.3 is 18.0 Å². The summed E-state index contributed by atoms with van der Waals surface area (Å²) in [6.07, 6.45) is 3.45. The van der Waals surface area contributed by atoms with Gasteiger partial charge in [-0.15, -0.1) is 0 Å². The van der Waals surface area contributed by atoms with Gasteiger partial charge in [0.2, 0.25) is 0 Å². The lowest BCUT2D eigenvalue weighted by Gasteiger charge is -2.04.